The molecule has 2 aromatic rings. The molecule has 9 heteroatoms. The van der Waals surface area contributed by atoms with Crippen molar-refractivity contribution in [1.29, 1.82) is 0 Å². The molecule has 0 atom stereocenters. The van der Waals surface area contributed by atoms with Gasteiger partial charge in [-0.25, -0.2) is 4.79 Å². The molecule has 0 aromatic heterocycles. The van der Waals surface area contributed by atoms with Gasteiger partial charge >= 0.3 is 12.3 Å². The first-order chi connectivity index (χ1) is 13.1. The molecule has 0 bridgehead atoms. The summed E-state index contributed by atoms with van der Waals surface area (Å²) in [7, 11) is 1.04. The quantitative estimate of drug-likeness (QED) is 0.657. The molecule has 150 valence electrons. The molecule has 1 fully saturated rings. The van der Waals surface area contributed by atoms with Crippen molar-refractivity contribution in [1.82, 2.24) is 0 Å². The number of carbonyl (C=O) groups is 1. The second-order valence-electron chi connectivity index (χ2n) is 6.29. The summed E-state index contributed by atoms with van der Waals surface area (Å²) in [5, 5.41) is 9.57. The van der Waals surface area contributed by atoms with Crippen LogP contribution in [0.1, 0.15) is 40.2 Å². The van der Waals surface area contributed by atoms with Gasteiger partial charge in [0.2, 0.25) is 11.6 Å². The number of alkyl halides is 3. The van der Waals surface area contributed by atoms with E-state index in [0.29, 0.717) is 11.5 Å². The molecule has 0 radical (unpaired) electrons. The fourth-order valence-electron chi connectivity index (χ4n) is 3.00. The summed E-state index contributed by atoms with van der Waals surface area (Å²) in [6.45, 7) is 1.65. The van der Waals surface area contributed by atoms with Crippen LogP contribution in [0.4, 0.5) is 17.6 Å². The molecule has 0 heterocycles. The van der Waals surface area contributed by atoms with Gasteiger partial charge in [-0.15, -0.1) is 13.2 Å². The molecule has 0 unspecified atom stereocenters. The highest BCUT2D eigenvalue weighted by Gasteiger charge is 2.34. The van der Waals surface area contributed by atoms with Gasteiger partial charge in [-0.05, 0) is 55.0 Å². The van der Waals surface area contributed by atoms with Crippen molar-refractivity contribution in [3.8, 4) is 23.0 Å². The second-order valence-corrected chi connectivity index (χ2v) is 6.29. The van der Waals surface area contributed by atoms with E-state index in [4.69, 9.17) is 9.47 Å². The van der Waals surface area contributed by atoms with Crippen LogP contribution in [0, 0.1) is 12.7 Å². The van der Waals surface area contributed by atoms with E-state index >= 15 is 0 Å². The zero-order valence-electron chi connectivity index (χ0n) is 14.9. The number of halogens is 4. The number of aromatic carboxylic acids is 1. The van der Waals surface area contributed by atoms with Crippen LogP contribution in [0.2, 0.25) is 0 Å². The van der Waals surface area contributed by atoms with E-state index in [9.17, 15) is 27.5 Å². The maximum absolute atomic E-state index is 14.3. The van der Waals surface area contributed by atoms with Gasteiger partial charge in [0.25, 0.3) is 0 Å². The van der Waals surface area contributed by atoms with Crippen LogP contribution in [0.15, 0.2) is 24.3 Å². The van der Waals surface area contributed by atoms with Crippen LogP contribution in [-0.2, 0) is 0 Å². The Kier molecular flexibility index (Phi) is 5.10. The summed E-state index contributed by atoms with van der Waals surface area (Å²) >= 11 is 0. The van der Waals surface area contributed by atoms with Crippen molar-refractivity contribution in [2.24, 2.45) is 0 Å². The average Bonchev–Trinajstić information content (AvgIpc) is 3.41. The highest BCUT2D eigenvalue weighted by atomic mass is 19.4. The lowest BCUT2D eigenvalue weighted by atomic mass is 9.98. The molecule has 0 spiro atoms. The van der Waals surface area contributed by atoms with E-state index in [1.54, 1.807) is 13.0 Å². The van der Waals surface area contributed by atoms with Crippen LogP contribution < -0.4 is 14.2 Å². The smallest absolute Gasteiger partial charge is 0.490 e. The minimum Gasteiger partial charge on any atom is -0.490 e. The van der Waals surface area contributed by atoms with Crippen molar-refractivity contribution < 1.29 is 41.7 Å². The third kappa shape index (κ3) is 3.97. The van der Waals surface area contributed by atoms with Crippen LogP contribution in [0.25, 0.3) is 0 Å². The summed E-state index contributed by atoms with van der Waals surface area (Å²) in [6, 6.07) is 4.92. The Balaban J connectivity index is 2.01. The van der Waals surface area contributed by atoms with E-state index < -0.39 is 29.6 Å². The average molecular weight is 400 g/mol. The molecule has 1 saturated carbocycles. The predicted molar refractivity (Wildman–Crippen MR) is 89.8 cm³/mol. The van der Waals surface area contributed by atoms with Crippen LogP contribution in [0.3, 0.4) is 0 Å². The van der Waals surface area contributed by atoms with E-state index in [-0.39, 0.29) is 17.1 Å². The van der Waals surface area contributed by atoms with E-state index in [1.807, 2.05) is 0 Å². The Morgan fingerprint density at radius 1 is 1.11 bits per heavy atom. The summed E-state index contributed by atoms with van der Waals surface area (Å²) in [6.07, 6.45) is -3.14. The fourth-order valence-corrected chi connectivity index (χ4v) is 3.00. The highest BCUT2D eigenvalue weighted by molar-refractivity contribution is 5.93. The lowest BCUT2D eigenvalue weighted by molar-refractivity contribution is -0.275. The number of carboxylic acids is 1. The molecular weight excluding hydrogens is 384 g/mol. The van der Waals surface area contributed by atoms with Crippen molar-refractivity contribution in [3.05, 3.63) is 46.8 Å². The molecule has 1 aliphatic carbocycles. The third-order valence-electron chi connectivity index (χ3n) is 4.37. The molecule has 3 rings (SSSR count). The molecule has 1 N–H and O–H groups in total. The number of benzene rings is 2. The van der Waals surface area contributed by atoms with Gasteiger partial charge in [0.15, 0.2) is 11.5 Å². The van der Waals surface area contributed by atoms with Crippen molar-refractivity contribution in [2.75, 3.05) is 7.11 Å². The van der Waals surface area contributed by atoms with E-state index in [2.05, 4.69) is 4.74 Å². The van der Waals surface area contributed by atoms with Crippen molar-refractivity contribution in [3.63, 3.8) is 0 Å². The van der Waals surface area contributed by atoms with Crippen LogP contribution in [-0.4, -0.2) is 24.5 Å². The Morgan fingerprint density at radius 2 is 1.71 bits per heavy atom. The normalized spacial score (nSPS) is 13.9. The third-order valence-corrected chi connectivity index (χ3v) is 4.37. The minimum absolute atomic E-state index is 0.0726. The van der Waals surface area contributed by atoms with Crippen LogP contribution >= 0.6 is 0 Å². The van der Waals surface area contributed by atoms with Crippen LogP contribution in [0.5, 0.6) is 23.0 Å². The topological polar surface area (TPSA) is 65.0 Å². The summed E-state index contributed by atoms with van der Waals surface area (Å²) < 4.78 is 65.4. The minimum atomic E-state index is -5.08. The second kappa shape index (κ2) is 7.21. The van der Waals surface area contributed by atoms with E-state index in [0.717, 1.165) is 37.6 Å². The number of hydrogen-bond donors (Lipinski definition) is 1. The number of carboxylic acid groups (broad SMARTS) is 1. The molecule has 5 nitrogen and oxygen atoms in total. The van der Waals surface area contributed by atoms with Gasteiger partial charge in [-0.1, -0.05) is 6.07 Å². The molecule has 0 aliphatic heterocycles. The maximum Gasteiger partial charge on any atom is 0.573 e. The zero-order valence-corrected chi connectivity index (χ0v) is 14.9. The SMILES string of the molecule is COc1c(Oc2ccc(C3CC3)c(C)c2C(=O)O)ccc(OC(F)(F)F)c1F. The van der Waals surface area contributed by atoms with Gasteiger partial charge in [-0.3, -0.25) is 0 Å². The number of hydrogen-bond acceptors (Lipinski definition) is 4. The Labute approximate surface area is 157 Å². The van der Waals surface area contributed by atoms with Gasteiger partial charge in [0.1, 0.15) is 11.3 Å². The first-order valence-corrected chi connectivity index (χ1v) is 8.29. The van der Waals surface area contributed by atoms with Gasteiger partial charge < -0.3 is 19.3 Å². The van der Waals surface area contributed by atoms with Gasteiger partial charge in [-0.2, -0.15) is 4.39 Å². The predicted octanol–water partition coefficient (Wildman–Crippen LogP) is 5.41. The molecule has 0 amide bonds. The molecule has 28 heavy (non-hydrogen) atoms. The number of methoxy groups -OCH3 is 1. The zero-order chi connectivity index (χ0) is 20.6. The lowest BCUT2D eigenvalue weighted by Gasteiger charge is -2.17. The molecule has 1 aliphatic rings. The monoisotopic (exact) mass is 400 g/mol. The Hall–Kier alpha value is -2.97. The van der Waals surface area contributed by atoms with Gasteiger partial charge in [0.05, 0.1) is 7.11 Å². The highest BCUT2D eigenvalue weighted by Crippen LogP contribution is 2.45. The largest absolute Gasteiger partial charge is 0.573 e. The summed E-state index contributed by atoms with van der Waals surface area (Å²) in [4.78, 5) is 11.7. The molecule has 2 aromatic carbocycles. The maximum atomic E-state index is 14.3. The van der Waals surface area contributed by atoms with Gasteiger partial charge in [0, 0.05) is 0 Å². The summed E-state index contributed by atoms with van der Waals surface area (Å²) in [5.74, 6) is -4.42. The molecular formula is C19H16F4O5. The van der Waals surface area contributed by atoms with Crippen molar-refractivity contribution >= 4 is 5.97 Å². The number of ether oxygens (including phenoxy) is 3. The Bertz CT molecular complexity index is 920. The Morgan fingerprint density at radius 3 is 2.25 bits per heavy atom. The summed E-state index contributed by atoms with van der Waals surface area (Å²) in [5.41, 5.74) is 1.34. The fraction of sp³-hybridized carbons (Fsp3) is 0.316. The number of rotatable bonds is 6. The molecule has 0 saturated heterocycles. The first-order valence-electron chi connectivity index (χ1n) is 8.29. The lowest BCUT2D eigenvalue weighted by Crippen LogP contribution is -2.18. The van der Waals surface area contributed by atoms with Crippen molar-refractivity contribution in [2.45, 2.75) is 32.0 Å². The van der Waals surface area contributed by atoms with E-state index in [1.165, 1.54) is 6.07 Å². The first kappa shape index (κ1) is 19.8. The standard InChI is InChI=1S/C19H16F4O5/c1-9-11(10-3-4-10)5-6-12(15(9)18(24)25)27-14-8-7-13(28-19(21,22)23)16(20)17(14)26-2/h5-8,10H,3-4H2,1-2H3,(H,24,25).